The first-order valence-electron chi connectivity index (χ1n) is 18.4. The zero-order valence-electron chi connectivity index (χ0n) is 29.5. The molecule has 0 bridgehead atoms. The molecule has 6 heteroatoms. The van der Waals surface area contributed by atoms with E-state index in [1.54, 1.807) is 0 Å². The monoisotopic (exact) mass is 722 g/mol. The van der Waals surface area contributed by atoms with Gasteiger partial charge in [0.05, 0.1) is 11.0 Å². The zero-order chi connectivity index (χ0) is 36.5. The van der Waals surface area contributed by atoms with Gasteiger partial charge in [0.25, 0.3) is 0 Å². The van der Waals surface area contributed by atoms with Gasteiger partial charge in [-0.25, -0.2) is 4.98 Å². The number of fused-ring (bicyclic) bond motifs is 9. The first-order valence-corrected chi connectivity index (χ1v) is 20.1. The molecular weight excluding hydrogens is 692 g/mol. The summed E-state index contributed by atoms with van der Waals surface area (Å²) in [6.45, 7) is 0. The summed E-state index contributed by atoms with van der Waals surface area (Å²) in [5.41, 5.74) is 7.87. The summed E-state index contributed by atoms with van der Waals surface area (Å²) in [5.74, 6) is 1.65. The highest BCUT2D eigenvalue weighted by Crippen LogP contribution is 2.55. The summed E-state index contributed by atoms with van der Waals surface area (Å²) < 4.78 is 17.9. The van der Waals surface area contributed by atoms with E-state index in [4.69, 9.17) is 15.0 Å². The standard InChI is InChI=1S/C49H31N4OP/c54-55(37-19-8-3-9-20-37)42-23-13-12-22-39(42)45-43(55)31-29-40-44-38-21-11-10-16-34(38)28-30-41(44)53(46(40)45)49-51-47(35-17-6-2-7-18-35)50-48(52-49)36-26-24-33(25-27-36)32-14-4-1-5-15-32/h1-31H. The van der Waals surface area contributed by atoms with Crippen molar-refractivity contribution in [2.24, 2.45) is 0 Å². The highest BCUT2D eigenvalue weighted by Gasteiger charge is 2.42. The van der Waals surface area contributed by atoms with Crippen molar-refractivity contribution in [3.8, 4) is 51.0 Å². The van der Waals surface area contributed by atoms with E-state index in [9.17, 15) is 0 Å². The molecule has 3 heterocycles. The third kappa shape index (κ3) is 4.80. The molecule has 10 aromatic rings. The largest absolute Gasteiger partial charge is 0.309 e. The van der Waals surface area contributed by atoms with E-state index >= 15 is 4.57 Å². The highest BCUT2D eigenvalue weighted by molar-refractivity contribution is 7.86. The smallest absolute Gasteiger partial charge is 0.238 e. The molecule has 0 saturated heterocycles. The van der Waals surface area contributed by atoms with E-state index < -0.39 is 7.14 Å². The van der Waals surface area contributed by atoms with Gasteiger partial charge in [-0.3, -0.25) is 4.57 Å². The minimum atomic E-state index is -3.22. The minimum Gasteiger partial charge on any atom is -0.309 e. The summed E-state index contributed by atoms with van der Waals surface area (Å²) in [6.07, 6.45) is 0. The van der Waals surface area contributed by atoms with Gasteiger partial charge in [-0.2, -0.15) is 9.97 Å². The molecule has 0 radical (unpaired) electrons. The average molecular weight is 723 g/mol. The molecule has 8 aromatic carbocycles. The average Bonchev–Trinajstić information content (AvgIpc) is 3.75. The fourth-order valence-corrected chi connectivity index (χ4v) is 11.4. The second-order valence-electron chi connectivity index (χ2n) is 13.9. The van der Waals surface area contributed by atoms with Crippen molar-refractivity contribution in [1.29, 1.82) is 0 Å². The number of benzene rings is 8. The van der Waals surface area contributed by atoms with Gasteiger partial charge in [-0.1, -0.05) is 176 Å². The van der Waals surface area contributed by atoms with Crippen LogP contribution in [-0.2, 0) is 4.57 Å². The number of nitrogens with zero attached hydrogens (tertiary/aromatic N) is 4. The Labute approximate surface area is 317 Å². The second kappa shape index (κ2) is 12.3. The summed E-state index contributed by atoms with van der Waals surface area (Å²) in [6, 6.07) is 64.0. The van der Waals surface area contributed by atoms with Crippen LogP contribution >= 0.6 is 7.14 Å². The number of rotatable bonds is 5. The van der Waals surface area contributed by atoms with Gasteiger partial charge in [0, 0.05) is 43.4 Å². The number of aromatic nitrogens is 4. The van der Waals surface area contributed by atoms with Gasteiger partial charge in [0.1, 0.15) is 0 Å². The summed E-state index contributed by atoms with van der Waals surface area (Å²) in [7, 11) is -3.22. The van der Waals surface area contributed by atoms with Crippen molar-refractivity contribution in [3.05, 3.63) is 188 Å². The predicted molar refractivity (Wildman–Crippen MR) is 226 cm³/mol. The first kappa shape index (κ1) is 31.6. The van der Waals surface area contributed by atoms with Gasteiger partial charge in [-0.15, -0.1) is 0 Å². The Morgan fingerprint density at radius 2 is 1.02 bits per heavy atom. The molecule has 258 valence electrons. The van der Waals surface area contributed by atoms with E-state index in [-0.39, 0.29) is 0 Å². The lowest BCUT2D eigenvalue weighted by Crippen LogP contribution is -2.20. The lowest BCUT2D eigenvalue weighted by atomic mass is 10.00. The van der Waals surface area contributed by atoms with Crippen LogP contribution in [0.15, 0.2) is 188 Å². The first-order chi connectivity index (χ1) is 27.2. The van der Waals surface area contributed by atoms with Crippen molar-refractivity contribution in [3.63, 3.8) is 0 Å². The number of hydrogen-bond acceptors (Lipinski definition) is 4. The van der Waals surface area contributed by atoms with Crippen LogP contribution in [0, 0.1) is 0 Å². The summed E-state index contributed by atoms with van der Waals surface area (Å²) in [4.78, 5) is 15.7. The van der Waals surface area contributed by atoms with Gasteiger partial charge >= 0.3 is 0 Å². The molecule has 0 amide bonds. The molecule has 5 nitrogen and oxygen atoms in total. The van der Waals surface area contributed by atoms with Crippen LogP contribution in [0.1, 0.15) is 0 Å². The molecule has 55 heavy (non-hydrogen) atoms. The maximum atomic E-state index is 15.7. The van der Waals surface area contributed by atoms with Crippen molar-refractivity contribution < 1.29 is 4.57 Å². The van der Waals surface area contributed by atoms with Gasteiger partial charge in [0.2, 0.25) is 5.95 Å². The van der Waals surface area contributed by atoms with E-state index in [2.05, 4.69) is 108 Å². The molecule has 0 saturated carbocycles. The van der Waals surface area contributed by atoms with Crippen LogP contribution < -0.4 is 15.9 Å². The zero-order valence-corrected chi connectivity index (χ0v) is 30.4. The highest BCUT2D eigenvalue weighted by atomic mass is 31.2. The Morgan fingerprint density at radius 3 is 1.76 bits per heavy atom. The molecule has 11 rings (SSSR count). The maximum Gasteiger partial charge on any atom is 0.238 e. The molecule has 1 unspecified atom stereocenters. The lowest BCUT2D eigenvalue weighted by Gasteiger charge is -2.16. The molecule has 0 spiro atoms. The molecule has 0 aliphatic carbocycles. The van der Waals surface area contributed by atoms with Gasteiger partial charge < -0.3 is 4.57 Å². The van der Waals surface area contributed by atoms with Crippen LogP contribution in [0.4, 0.5) is 0 Å². The number of hydrogen-bond donors (Lipinski definition) is 0. The van der Waals surface area contributed by atoms with Crippen molar-refractivity contribution in [1.82, 2.24) is 19.5 Å². The quantitative estimate of drug-likeness (QED) is 0.166. The molecule has 2 aromatic heterocycles. The van der Waals surface area contributed by atoms with Crippen LogP contribution in [0.2, 0.25) is 0 Å². The van der Waals surface area contributed by atoms with E-state index in [0.717, 1.165) is 81.9 Å². The lowest BCUT2D eigenvalue weighted by molar-refractivity contribution is 0.593. The Hall–Kier alpha value is -6.94. The molecule has 1 atom stereocenters. The van der Waals surface area contributed by atoms with Crippen molar-refractivity contribution in [2.45, 2.75) is 0 Å². The SMILES string of the molecule is O=P1(c2ccccc2)c2ccccc2-c2c1ccc1c3c4ccccc4ccc3n(-c3nc(-c4ccccc4)nc(-c4ccc(-c5ccccc5)cc4)n3)c21. The van der Waals surface area contributed by atoms with Gasteiger partial charge in [0.15, 0.2) is 18.8 Å². The van der Waals surface area contributed by atoms with Crippen LogP contribution in [0.25, 0.3) is 83.6 Å². The second-order valence-corrected chi connectivity index (χ2v) is 16.6. The molecule has 1 aliphatic rings. The third-order valence-electron chi connectivity index (χ3n) is 10.9. The molecule has 0 fully saturated rings. The van der Waals surface area contributed by atoms with Crippen LogP contribution in [0.5, 0.6) is 0 Å². The van der Waals surface area contributed by atoms with Crippen LogP contribution in [0.3, 0.4) is 0 Å². The Kier molecular flexibility index (Phi) is 7.07. The van der Waals surface area contributed by atoms with Crippen molar-refractivity contribution in [2.75, 3.05) is 0 Å². The van der Waals surface area contributed by atoms with E-state index in [1.165, 1.54) is 0 Å². The van der Waals surface area contributed by atoms with Crippen molar-refractivity contribution >= 4 is 55.6 Å². The summed E-state index contributed by atoms with van der Waals surface area (Å²) >= 11 is 0. The minimum absolute atomic E-state index is 0.499. The Balaban J connectivity index is 1.25. The Morgan fingerprint density at radius 1 is 0.436 bits per heavy atom. The molecular formula is C49H31N4OP. The van der Waals surface area contributed by atoms with Crippen LogP contribution in [-0.4, -0.2) is 19.5 Å². The van der Waals surface area contributed by atoms with E-state index in [0.29, 0.717) is 17.6 Å². The summed E-state index contributed by atoms with van der Waals surface area (Å²) in [5, 5.41) is 6.93. The van der Waals surface area contributed by atoms with E-state index in [1.807, 2.05) is 84.9 Å². The topological polar surface area (TPSA) is 60.7 Å². The third-order valence-corrected chi connectivity index (χ3v) is 14.0. The Bertz CT molecular complexity index is 3160. The maximum absolute atomic E-state index is 15.7. The van der Waals surface area contributed by atoms with Gasteiger partial charge in [-0.05, 0) is 39.6 Å². The molecule has 0 N–H and O–H groups in total. The predicted octanol–water partition coefficient (Wildman–Crippen LogP) is 10.7. The fraction of sp³-hybridized carbons (Fsp3) is 0. The normalized spacial score (nSPS) is 14.7. The molecule has 1 aliphatic heterocycles. The fourth-order valence-electron chi connectivity index (χ4n) is 8.36.